The molecule has 0 saturated heterocycles. The van der Waals surface area contributed by atoms with E-state index in [0.717, 1.165) is 5.56 Å². The van der Waals surface area contributed by atoms with Gasteiger partial charge in [-0.1, -0.05) is 6.07 Å². The Hall–Kier alpha value is -1.59. The van der Waals surface area contributed by atoms with E-state index in [2.05, 4.69) is 18.7 Å². The number of nitrogens with two attached hydrogens (primary N) is 2. The van der Waals surface area contributed by atoms with Crippen molar-refractivity contribution in [3.05, 3.63) is 29.3 Å². The first-order valence-electron chi connectivity index (χ1n) is 5.98. The number of nitrogens with zero attached hydrogens (tertiary/aromatic N) is 1. The minimum absolute atomic E-state index is 0.109. The zero-order chi connectivity index (χ0) is 13.7. The van der Waals surface area contributed by atoms with Crippen LogP contribution in [0.15, 0.2) is 18.2 Å². The molecule has 1 rings (SSSR count). The van der Waals surface area contributed by atoms with Crippen LogP contribution in [0.5, 0.6) is 0 Å². The molecule has 0 aliphatic carbocycles. The van der Waals surface area contributed by atoms with E-state index < -0.39 is 5.91 Å². The highest BCUT2D eigenvalue weighted by Crippen LogP contribution is 2.17. The molecule has 5 nitrogen and oxygen atoms in total. The van der Waals surface area contributed by atoms with Gasteiger partial charge in [-0.15, -0.1) is 0 Å². The van der Waals surface area contributed by atoms with Gasteiger partial charge in [0.25, 0.3) is 0 Å². The van der Waals surface area contributed by atoms with Crippen LogP contribution >= 0.6 is 0 Å². The molecule has 0 saturated carbocycles. The summed E-state index contributed by atoms with van der Waals surface area (Å²) in [5, 5.41) is 9.02. The summed E-state index contributed by atoms with van der Waals surface area (Å²) in [6.45, 7) is 5.46. The van der Waals surface area contributed by atoms with Gasteiger partial charge in [-0.2, -0.15) is 0 Å². The van der Waals surface area contributed by atoms with Gasteiger partial charge >= 0.3 is 0 Å². The molecule has 1 aromatic carbocycles. The fraction of sp³-hybridized carbons (Fsp3) is 0.462. The number of benzene rings is 1. The van der Waals surface area contributed by atoms with Crippen LogP contribution in [0, 0.1) is 0 Å². The van der Waals surface area contributed by atoms with E-state index in [4.69, 9.17) is 16.6 Å². The summed E-state index contributed by atoms with van der Waals surface area (Å²) in [6.07, 6.45) is 0. The van der Waals surface area contributed by atoms with Crippen molar-refractivity contribution in [3.8, 4) is 0 Å². The normalized spacial score (nSPS) is 11.2. The average Bonchev–Trinajstić information content (AvgIpc) is 2.30. The Kier molecular flexibility index (Phi) is 5.12. The molecule has 0 aromatic heterocycles. The predicted molar refractivity (Wildman–Crippen MR) is 72.0 cm³/mol. The predicted octanol–water partition coefficient (Wildman–Crippen LogP) is 0.570. The Labute approximate surface area is 107 Å². The summed E-state index contributed by atoms with van der Waals surface area (Å²) < 4.78 is 0. The Morgan fingerprint density at radius 2 is 2.11 bits per heavy atom. The highest BCUT2D eigenvalue weighted by atomic mass is 16.3. The molecule has 0 aliphatic rings. The smallest absolute Gasteiger partial charge is 0.248 e. The van der Waals surface area contributed by atoms with Crippen LogP contribution < -0.4 is 11.5 Å². The van der Waals surface area contributed by atoms with Crippen LogP contribution in [-0.2, 0) is 6.54 Å². The fourth-order valence-electron chi connectivity index (χ4n) is 1.76. The second-order valence-corrected chi connectivity index (χ2v) is 4.57. The molecular weight excluding hydrogens is 230 g/mol. The molecule has 0 fully saturated rings. The number of hydrogen-bond acceptors (Lipinski definition) is 4. The summed E-state index contributed by atoms with van der Waals surface area (Å²) in [5.74, 6) is -0.482. The lowest BCUT2D eigenvalue weighted by molar-refractivity contribution is 0.100. The molecule has 5 heteroatoms. The first-order chi connectivity index (χ1) is 8.45. The highest BCUT2D eigenvalue weighted by Gasteiger charge is 2.12. The van der Waals surface area contributed by atoms with E-state index in [-0.39, 0.29) is 6.61 Å². The minimum Gasteiger partial charge on any atom is -0.398 e. The minimum atomic E-state index is -0.482. The third-order valence-electron chi connectivity index (χ3n) is 2.92. The third kappa shape index (κ3) is 3.72. The van der Waals surface area contributed by atoms with Gasteiger partial charge in [0.2, 0.25) is 5.91 Å². The van der Waals surface area contributed by atoms with E-state index in [1.807, 2.05) is 6.07 Å². The quantitative estimate of drug-likeness (QED) is 0.644. The summed E-state index contributed by atoms with van der Waals surface area (Å²) in [7, 11) is 0. The molecule has 0 heterocycles. The number of primary amides is 1. The van der Waals surface area contributed by atoms with Gasteiger partial charge in [-0.05, 0) is 31.5 Å². The van der Waals surface area contributed by atoms with E-state index in [1.54, 1.807) is 12.1 Å². The number of aliphatic hydroxyl groups excluding tert-OH is 1. The second kappa shape index (κ2) is 6.37. The van der Waals surface area contributed by atoms with E-state index in [9.17, 15) is 4.79 Å². The molecule has 0 unspecified atom stereocenters. The number of carbonyl (C=O) groups is 1. The molecule has 5 N–H and O–H groups in total. The maximum atomic E-state index is 11.0. The molecule has 0 radical (unpaired) electrons. The Balaban J connectivity index is 2.86. The summed E-state index contributed by atoms with van der Waals surface area (Å²) >= 11 is 0. The van der Waals surface area contributed by atoms with Gasteiger partial charge in [0.05, 0.1) is 6.61 Å². The number of carbonyl (C=O) groups excluding carboxylic acids is 1. The molecule has 1 amide bonds. The topological polar surface area (TPSA) is 92.6 Å². The van der Waals surface area contributed by atoms with Crippen LogP contribution in [0.4, 0.5) is 5.69 Å². The maximum absolute atomic E-state index is 11.0. The average molecular weight is 251 g/mol. The molecule has 1 aromatic rings. The van der Waals surface area contributed by atoms with Gasteiger partial charge < -0.3 is 16.6 Å². The van der Waals surface area contributed by atoms with Crippen molar-refractivity contribution in [1.29, 1.82) is 0 Å². The molecule has 0 spiro atoms. The second-order valence-electron chi connectivity index (χ2n) is 4.57. The van der Waals surface area contributed by atoms with Crippen molar-refractivity contribution in [1.82, 2.24) is 4.90 Å². The first-order valence-corrected chi connectivity index (χ1v) is 5.98. The van der Waals surface area contributed by atoms with Crippen LogP contribution in [0.3, 0.4) is 0 Å². The molecule has 18 heavy (non-hydrogen) atoms. The van der Waals surface area contributed by atoms with Crippen molar-refractivity contribution < 1.29 is 9.90 Å². The number of anilines is 1. The van der Waals surface area contributed by atoms with Crippen molar-refractivity contribution in [2.24, 2.45) is 5.73 Å². The lowest BCUT2D eigenvalue weighted by Gasteiger charge is -2.26. The van der Waals surface area contributed by atoms with Crippen LogP contribution in [0.25, 0.3) is 0 Å². The summed E-state index contributed by atoms with van der Waals surface area (Å²) in [4.78, 5) is 13.1. The van der Waals surface area contributed by atoms with E-state index >= 15 is 0 Å². The van der Waals surface area contributed by atoms with Crippen LogP contribution in [0.2, 0.25) is 0 Å². The number of nitrogen functional groups attached to an aromatic ring is 1. The van der Waals surface area contributed by atoms with Gasteiger partial charge in [0, 0.05) is 30.4 Å². The molecule has 0 aliphatic heterocycles. The third-order valence-corrected chi connectivity index (χ3v) is 2.92. The lowest BCUT2D eigenvalue weighted by Crippen LogP contribution is -2.33. The summed E-state index contributed by atoms with van der Waals surface area (Å²) in [5.41, 5.74) is 13.0. The standard InChI is InChI=1S/C13H21N3O2/c1-9(2)16(5-6-17)8-11-4-3-10(13(15)18)7-12(11)14/h3-4,7,9,17H,5-6,8,14H2,1-2H3,(H2,15,18). The first kappa shape index (κ1) is 14.5. The van der Waals surface area contributed by atoms with Crippen molar-refractivity contribution in [2.75, 3.05) is 18.9 Å². The Bertz CT molecular complexity index is 419. The molecular formula is C13H21N3O2. The number of rotatable bonds is 6. The van der Waals surface area contributed by atoms with Crippen molar-refractivity contribution in [2.45, 2.75) is 26.4 Å². The summed E-state index contributed by atoms with van der Waals surface area (Å²) in [6, 6.07) is 5.38. The number of aliphatic hydroxyl groups is 1. The Morgan fingerprint density at radius 1 is 1.44 bits per heavy atom. The van der Waals surface area contributed by atoms with E-state index in [0.29, 0.717) is 30.4 Å². The van der Waals surface area contributed by atoms with Gasteiger partial charge in [-0.3, -0.25) is 9.69 Å². The zero-order valence-electron chi connectivity index (χ0n) is 10.9. The number of amides is 1. The van der Waals surface area contributed by atoms with Gasteiger partial charge in [0.1, 0.15) is 0 Å². The Morgan fingerprint density at radius 3 is 2.56 bits per heavy atom. The van der Waals surface area contributed by atoms with Crippen molar-refractivity contribution >= 4 is 11.6 Å². The molecule has 0 atom stereocenters. The fourth-order valence-corrected chi connectivity index (χ4v) is 1.76. The zero-order valence-corrected chi connectivity index (χ0v) is 10.9. The SMILES string of the molecule is CC(C)N(CCO)Cc1ccc(C(N)=O)cc1N. The van der Waals surface area contributed by atoms with Crippen LogP contribution in [0.1, 0.15) is 29.8 Å². The van der Waals surface area contributed by atoms with E-state index in [1.165, 1.54) is 0 Å². The monoisotopic (exact) mass is 251 g/mol. The molecule has 100 valence electrons. The molecule has 0 bridgehead atoms. The number of hydrogen-bond donors (Lipinski definition) is 3. The highest BCUT2D eigenvalue weighted by molar-refractivity contribution is 5.93. The maximum Gasteiger partial charge on any atom is 0.248 e. The van der Waals surface area contributed by atoms with Gasteiger partial charge in [0.15, 0.2) is 0 Å². The van der Waals surface area contributed by atoms with Crippen LogP contribution in [-0.4, -0.2) is 35.1 Å². The largest absolute Gasteiger partial charge is 0.398 e. The lowest BCUT2D eigenvalue weighted by atomic mass is 10.1. The van der Waals surface area contributed by atoms with Gasteiger partial charge in [-0.25, -0.2) is 0 Å². The van der Waals surface area contributed by atoms with Crippen molar-refractivity contribution in [3.63, 3.8) is 0 Å².